The molecule has 3 rings (SSSR count). The van der Waals surface area contributed by atoms with E-state index in [9.17, 15) is 22.4 Å². The first-order valence-electron chi connectivity index (χ1n) is 9.47. The quantitative estimate of drug-likeness (QED) is 0.744. The first-order valence-corrected chi connectivity index (χ1v) is 9.47. The van der Waals surface area contributed by atoms with E-state index in [4.69, 9.17) is 0 Å². The van der Waals surface area contributed by atoms with Crippen LogP contribution in [0.4, 0.5) is 23.2 Å². The molecule has 0 spiro atoms. The number of rotatable bonds is 6. The summed E-state index contributed by atoms with van der Waals surface area (Å²) in [5.41, 5.74) is 0.836. The summed E-state index contributed by atoms with van der Waals surface area (Å²) in [5.74, 6) is -0.387. The van der Waals surface area contributed by atoms with Crippen molar-refractivity contribution in [1.29, 1.82) is 0 Å². The lowest BCUT2D eigenvalue weighted by Gasteiger charge is -2.36. The first kappa shape index (κ1) is 21.1. The third-order valence-electron chi connectivity index (χ3n) is 4.93. The van der Waals surface area contributed by atoms with E-state index in [1.807, 2.05) is 9.80 Å². The molecule has 1 N–H and O–H groups in total. The van der Waals surface area contributed by atoms with E-state index < -0.39 is 11.7 Å². The SMILES string of the molecule is O=C(CN1CCN(c2cccc(C(F)(F)F)c2)CC1)NCCc1ccc(F)cc1. The molecular formula is C21H23F4N3O. The molecule has 0 atom stereocenters. The van der Waals surface area contributed by atoms with Gasteiger partial charge in [0.15, 0.2) is 0 Å². The number of hydrogen-bond donors (Lipinski definition) is 1. The molecule has 1 aliphatic heterocycles. The molecule has 0 aliphatic carbocycles. The van der Waals surface area contributed by atoms with E-state index in [0.717, 1.165) is 17.7 Å². The molecular weight excluding hydrogens is 386 g/mol. The molecule has 1 aliphatic rings. The summed E-state index contributed by atoms with van der Waals surface area (Å²) >= 11 is 0. The normalized spacial score (nSPS) is 15.4. The number of piperazine rings is 1. The van der Waals surface area contributed by atoms with E-state index in [-0.39, 0.29) is 18.3 Å². The van der Waals surface area contributed by atoms with Gasteiger partial charge in [0.2, 0.25) is 5.91 Å². The molecule has 0 radical (unpaired) electrons. The Morgan fingerprint density at radius 3 is 2.34 bits per heavy atom. The summed E-state index contributed by atoms with van der Waals surface area (Å²) < 4.78 is 51.5. The van der Waals surface area contributed by atoms with Crippen LogP contribution in [0.25, 0.3) is 0 Å². The second-order valence-corrected chi connectivity index (χ2v) is 7.04. The standard InChI is InChI=1S/C21H23F4N3O/c22-18-6-4-16(5-7-18)8-9-26-20(29)15-27-10-12-28(13-11-27)19-3-1-2-17(14-19)21(23,24)25/h1-7,14H,8-13,15H2,(H,26,29). The zero-order valence-electron chi connectivity index (χ0n) is 15.9. The van der Waals surface area contributed by atoms with Gasteiger partial charge in [-0.2, -0.15) is 13.2 Å². The highest BCUT2D eigenvalue weighted by Gasteiger charge is 2.31. The van der Waals surface area contributed by atoms with Crippen molar-refractivity contribution in [2.75, 3.05) is 44.2 Å². The molecule has 0 bridgehead atoms. The van der Waals surface area contributed by atoms with Crippen LogP contribution in [-0.4, -0.2) is 50.1 Å². The van der Waals surface area contributed by atoms with Gasteiger partial charge >= 0.3 is 6.18 Å². The van der Waals surface area contributed by atoms with Crippen molar-refractivity contribution in [3.8, 4) is 0 Å². The topological polar surface area (TPSA) is 35.6 Å². The maximum absolute atomic E-state index is 12.9. The Bertz CT molecular complexity index is 815. The van der Waals surface area contributed by atoms with E-state index in [1.165, 1.54) is 18.2 Å². The summed E-state index contributed by atoms with van der Waals surface area (Å²) in [4.78, 5) is 16.0. The van der Waals surface area contributed by atoms with Crippen LogP contribution in [-0.2, 0) is 17.4 Å². The average Bonchev–Trinajstić information content (AvgIpc) is 2.69. The molecule has 4 nitrogen and oxygen atoms in total. The van der Waals surface area contributed by atoms with Crippen LogP contribution >= 0.6 is 0 Å². The van der Waals surface area contributed by atoms with Gasteiger partial charge in [0.25, 0.3) is 0 Å². The van der Waals surface area contributed by atoms with Crippen LogP contribution in [0.3, 0.4) is 0 Å². The highest BCUT2D eigenvalue weighted by Crippen LogP contribution is 2.31. The Labute approximate surface area is 167 Å². The fraction of sp³-hybridized carbons (Fsp3) is 0.381. The number of halogens is 4. The second kappa shape index (κ2) is 9.26. The smallest absolute Gasteiger partial charge is 0.369 e. The van der Waals surface area contributed by atoms with Crippen LogP contribution in [0.1, 0.15) is 11.1 Å². The van der Waals surface area contributed by atoms with Crippen molar-refractivity contribution in [3.63, 3.8) is 0 Å². The van der Waals surface area contributed by atoms with Gasteiger partial charge in [-0.05, 0) is 42.3 Å². The average molecular weight is 409 g/mol. The summed E-state index contributed by atoms with van der Waals surface area (Å²) in [6, 6.07) is 11.5. The molecule has 0 unspecified atom stereocenters. The number of anilines is 1. The number of carbonyl (C=O) groups excluding carboxylic acids is 1. The minimum absolute atomic E-state index is 0.0976. The van der Waals surface area contributed by atoms with Gasteiger partial charge in [0.05, 0.1) is 12.1 Å². The van der Waals surface area contributed by atoms with Crippen LogP contribution in [0.5, 0.6) is 0 Å². The number of nitrogens with one attached hydrogen (secondary N) is 1. The van der Waals surface area contributed by atoms with Gasteiger partial charge in [-0.3, -0.25) is 9.69 Å². The van der Waals surface area contributed by atoms with Gasteiger partial charge in [-0.15, -0.1) is 0 Å². The molecule has 1 fully saturated rings. The van der Waals surface area contributed by atoms with Crippen molar-refractivity contribution in [2.24, 2.45) is 0 Å². The molecule has 8 heteroatoms. The zero-order chi connectivity index (χ0) is 20.9. The van der Waals surface area contributed by atoms with Gasteiger partial charge < -0.3 is 10.2 Å². The van der Waals surface area contributed by atoms with Crippen LogP contribution < -0.4 is 10.2 Å². The number of nitrogens with zero attached hydrogens (tertiary/aromatic N) is 2. The van der Waals surface area contributed by atoms with Crippen molar-refractivity contribution >= 4 is 11.6 Å². The molecule has 1 heterocycles. The number of alkyl halides is 3. The van der Waals surface area contributed by atoms with Crippen LogP contribution in [0.15, 0.2) is 48.5 Å². The first-order chi connectivity index (χ1) is 13.8. The van der Waals surface area contributed by atoms with Gasteiger partial charge in [0, 0.05) is 38.4 Å². The lowest BCUT2D eigenvalue weighted by molar-refractivity contribution is -0.137. The molecule has 0 aromatic heterocycles. The van der Waals surface area contributed by atoms with Gasteiger partial charge in [-0.1, -0.05) is 18.2 Å². The monoisotopic (exact) mass is 409 g/mol. The minimum Gasteiger partial charge on any atom is -0.369 e. The van der Waals surface area contributed by atoms with E-state index in [2.05, 4.69) is 5.32 Å². The van der Waals surface area contributed by atoms with Gasteiger partial charge in [0.1, 0.15) is 5.82 Å². The van der Waals surface area contributed by atoms with Crippen molar-refractivity contribution in [3.05, 3.63) is 65.5 Å². The summed E-state index contributed by atoms with van der Waals surface area (Å²) in [6.45, 7) is 3.03. The number of carbonyl (C=O) groups is 1. The maximum atomic E-state index is 12.9. The Morgan fingerprint density at radius 2 is 1.69 bits per heavy atom. The van der Waals surface area contributed by atoms with E-state index >= 15 is 0 Å². The van der Waals surface area contributed by atoms with Crippen LogP contribution in [0, 0.1) is 5.82 Å². The fourth-order valence-corrected chi connectivity index (χ4v) is 3.30. The van der Waals surface area contributed by atoms with Crippen molar-refractivity contribution < 1.29 is 22.4 Å². The van der Waals surface area contributed by atoms with E-state index in [0.29, 0.717) is 44.8 Å². The molecule has 1 saturated heterocycles. The molecule has 2 aromatic rings. The predicted octanol–water partition coefficient (Wildman–Crippen LogP) is 3.33. The molecule has 2 aromatic carbocycles. The minimum atomic E-state index is -4.36. The van der Waals surface area contributed by atoms with E-state index in [1.54, 1.807) is 18.2 Å². The molecule has 29 heavy (non-hydrogen) atoms. The third-order valence-corrected chi connectivity index (χ3v) is 4.93. The zero-order valence-corrected chi connectivity index (χ0v) is 15.9. The number of hydrogen-bond acceptors (Lipinski definition) is 3. The molecule has 0 saturated carbocycles. The van der Waals surface area contributed by atoms with Crippen molar-refractivity contribution in [2.45, 2.75) is 12.6 Å². The lowest BCUT2D eigenvalue weighted by atomic mass is 10.1. The summed E-state index contributed by atoms with van der Waals surface area (Å²) in [6.07, 6.45) is -3.74. The lowest BCUT2D eigenvalue weighted by Crippen LogP contribution is -2.49. The summed E-state index contributed by atoms with van der Waals surface area (Å²) in [5, 5.41) is 2.85. The highest BCUT2D eigenvalue weighted by molar-refractivity contribution is 5.78. The van der Waals surface area contributed by atoms with Crippen molar-refractivity contribution in [1.82, 2.24) is 10.2 Å². The third kappa shape index (κ3) is 6.19. The maximum Gasteiger partial charge on any atom is 0.416 e. The molecule has 156 valence electrons. The Morgan fingerprint density at radius 1 is 1.00 bits per heavy atom. The largest absolute Gasteiger partial charge is 0.416 e. The fourth-order valence-electron chi connectivity index (χ4n) is 3.30. The Hall–Kier alpha value is -2.61. The number of benzene rings is 2. The predicted molar refractivity (Wildman–Crippen MR) is 103 cm³/mol. The van der Waals surface area contributed by atoms with Gasteiger partial charge in [-0.25, -0.2) is 4.39 Å². The second-order valence-electron chi connectivity index (χ2n) is 7.04. The Kier molecular flexibility index (Phi) is 6.74. The highest BCUT2D eigenvalue weighted by atomic mass is 19.4. The van der Waals surface area contributed by atoms with Crippen LogP contribution in [0.2, 0.25) is 0 Å². The Balaban J connectivity index is 1.41. The molecule has 1 amide bonds. The number of amides is 1. The summed E-state index contributed by atoms with van der Waals surface area (Å²) in [7, 11) is 0.